The summed E-state index contributed by atoms with van der Waals surface area (Å²) in [5.74, 6) is 1.40. The molecule has 3 aliphatic rings. The Balaban J connectivity index is 1.76. The molecular formula is C31H52O5. The van der Waals surface area contributed by atoms with Crippen LogP contribution in [0.2, 0.25) is 0 Å². The summed E-state index contributed by atoms with van der Waals surface area (Å²) in [4.78, 5) is 12.6. The highest BCUT2D eigenvalue weighted by Crippen LogP contribution is 2.60. The van der Waals surface area contributed by atoms with E-state index in [-0.39, 0.29) is 11.2 Å². The van der Waals surface area contributed by atoms with Gasteiger partial charge in [0.15, 0.2) is 5.78 Å². The molecule has 0 aliphatic heterocycles. The van der Waals surface area contributed by atoms with Crippen LogP contribution in [0.25, 0.3) is 0 Å². The molecule has 0 unspecified atom stereocenters. The van der Waals surface area contributed by atoms with Crippen molar-refractivity contribution in [2.24, 2.45) is 23.2 Å². The third kappa shape index (κ3) is 7.75. The third-order valence-corrected chi connectivity index (χ3v) is 9.47. The van der Waals surface area contributed by atoms with Crippen molar-refractivity contribution in [3.05, 3.63) is 23.3 Å². The van der Waals surface area contributed by atoms with E-state index in [2.05, 4.69) is 19.1 Å². The van der Waals surface area contributed by atoms with Crippen molar-refractivity contribution in [1.82, 2.24) is 0 Å². The van der Waals surface area contributed by atoms with Crippen molar-refractivity contribution in [1.29, 1.82) is 0 Å². The Bertz CT molecular complexity index is 802. The summed E-state index contributed by atoms with van der Waals surface area (Å²) in [5.41, 5.74) is 0.894. The van der Waals surface area contributed by atoms with E-state index in [0.717, 1.165) is 44.1 Å². The molecule has 3 fully saturated rings. The van der Waals surface area contributed by atoms with Crippen LogP contribution in [0.15, 0.2) is 23.3 Å². The molecule has 0 aromatic rings. The first-order chi connectivity index (χ1) is 16.7. The van der Waals surface area contributed by atoms with E-state index < -0.39 is 23.4 Å². The first-order valence-electron chi connectivity index (χ1n) is 14.4. The number of aliphatic hydroxyl groups is 4. The number of allylic oxidation sites excluding steroid dienone is 3. The number of carbonyl (C=O) groups excluding carboxylic acids is 1. The summed E-state index contributed by atoms with van der Waals surface area (Å²) in [6, 6.07) is 0. The van der Waals surface area contributed by atoms with E-state index in [9.17, 15) is 25.2 Å². The molecule has 6 atom stereocenters. The van der Waals surface area contributed by atoms with Crippen LogP contribution >= 0.6 is 0 Å². The third-order valence-electron chi connectivity index (χ3n) is 9.47. The van der Waals surface area contributed by atoms with Crippen molar-refractivity contribution < 1.29 is 25.2 Å². The van der Waals surface area contributed by atoms with Gasteiger partial charge in [-0.25, -0.2) is 0 Å². The van der Waals surface area contributed by atoms with Crippen LogP contribution in [0, 0.1) is 23.2 Å². The van der Waals surface area contributed by atoms with Gasteiger partial charge in [0.25, 0.3) is 0 Å². The number of ketones is 1. The Kier molecular flexibility index (Phi) is 9.68. The second-order valence-corrected chi connectivity index (χ2v) is 13.6. The van der Waals surface area contributed by atoms with Crippen LogP contribution in [-0.2, 0) is 4.79 Å². The predicted molar refractivity (Wildman–Crippen MR) is 144 cm³/mol. The molecule has 3 saturated carbocycles. The number of Topliss-reactive ketones (excluding diaryl/α,β-unsaturated/α-hetero) is 1. The highest BCUT2D eigenvalue weighted by Gasteiger charge is 2.51. The van der Waals surface area contributed by atoms with Gasteiger partial charge in [-0.15, -0.1) is 0 Å². The normalized spacial score (nSPS) is 33.5. The van der Waals surface area contributed by atoms with Crippen LogP contribution in [0.5, 0.6) is 0 Å². The lowest BCUT2D eigenvalue weighted by Gasteiger charge is -2.45. The predicted octanol–water partition coefficient (Wildman–Crippen LogP) is 5.64. The van der Waals surface area contributed by atoms with Crippen LogP contribution < -0.4 is 0 Å². The highest BCUT2D eigenvalue weighted by atomic mass is 16.3. The number of carbonyl (C=O) groups is 1. The second kappa shape index (κ2) is 11.8. The standard InChI is InChI=1S/C31H52O5/c1-29(2,35)16-6-8-23(12-15-28(34)30(3,4)36)27-14-13-26-22(9-7-17-31(26,27)5)11-10-21-18-24(32)20-25(33)19-21/h10-11,23-27,32-33,35-36H,6-9,12-20H2,1-5H3/t23-,24+,25+,26-,27+,31-/m0/s1. The molecule has 3 rings (SSSR count). The average Bonchev–Trinajstić information content (AvgIpc) is 3.09. The monoisotopic (exact) mass is 504 g/mol. The fourth-order valence-corrected chi connectivity index (χ4v) is 7.55. The van der Waals surface area contributed by atoms with Gasteiger partial charge in [0.2, 0.25) is 0 Å². The molecule has 0 radical (unpaired) electrons. The van der Waals surface area contributed by atoms with E-state index in [0.29, 0.717) is 43.4 Å². The highest BCUT2D eigenvalue weighted by molar-refractivity contribution is 5.86. The lowest BCUT2D eigenvalue weighted by Crippen LogP contribution is -2.37. The molecule has 0 heterocycles. The van der Waals surface area contributed by atoms with Crippen molar-refractivity contribution in [2.75, 3.05) is 0 Å². The zero-order valence-corrected chi connectivity index (χ0v) is 23.4. The Morgan fingerprint density at radius 1 is 1.06 bits per heavy atom. The molecule has 206 valence electrons. The molecule has 0 saturated heterocycles. The van der Waals surface area contributed by atoms with E-state index in [1.165, 1.54) is 24.8 Å². The van der Waals surface area contributed by atoms with Gasteiger partial charge in [-0.3, -0.25) is 4.79 Å². The van der Waals surface area contributed by atoms with Gasteiger partial charge in [-0.05, 0) is 115 Å². The average molecular weight is 505 g/mol. The Morgan fingerprint density at radius 3 is 2.33 bits per heavy atom. The lowest BCUT2D eigenvalue weighted by atomic mass is 9.60. The summed E-state index contributed by atoms with van der Waals surface area (Å²) in [6.45, 7) is 9.36. The van der Waals surface area contributed by atoms with Gasteiger partial charge in [-0.1, -0.05) is 43.1 Å². The van der Waals surface area contributed by atoms with Gasteiger partial charge in [0.05, 0.1) is 17.8 Å². The topological polar surface area (TPSA) is 98.0 Å². The van der Waals surface area contributed by atoms with Gasteiger partial charge in [0, 0.05) is 6.42 Å². The molecule has 0 spiro atoms. The minimum Gasteiger partial charge on any atom is -0.393 e. The Morgan fingerprint density at radius 2 is 1.72 bits per heavy atom. The van der Waals surface area contributed by atoms with Gasteiger partial charge in [-0.2, -0.15) is 0 Å². The number of hydrogen-bond donors (Lipinski definition) is 4. The van der Waals surface area contributed by atoms with Gasteiger partial charge in [0.1, 0.15) is 5.60 Å². The van der Waals surface area contributed by atoms with Gasteiger partial charge < -0.3 is 20.4 Å². The molecule has 3 aliphatic carbocycles. The maximum Gasteiger partial charge on any atom is 0.163 e. The van der Waals surface area contributed by atoms with Crippen molar-refractivity contribution in [2.45, 2.75) is 141 Å². The molecule has 5 nitrogen and oxygen atoms in total. The van der Waals surface area contributed by atoms with Gasteiger partial charge >= 0.3 is 0 Å². The summed E-state index contributed by atoms with van der Waals surface area (Å²) in [5, 5.41) is 40.6. The molecule has 0 bridgehead atoms. The Labute approximate surface area is 219 Å². The molecule has 36 heavy (non-hydrogen) atoms. The van der Waals surface area contributed by atoms with Crippen LogP contribution in [0.3, 0.4) is 0 Å². The molecule has 4 N–H and O–H groups in total. The van der Waals surface area contributed by atoms with Crippen molar-refractivity contribution >= 4 is 5.78 Å². The summed E-state index contributed by atoms with van der Waals surface area (Å²) < 4.78 is 0. The van der Waals surface area contributed by atoms with Crippen LogP contribution in [-0.4, -0.2) is 49.6 Å². The number of aliphatic hydroxyl groups excluding tert-OH is 2. The zero-order chi connectivity index (χ0) is 26.7. The van der Waals surface area contributed by atoms with Crippen LogP contribution in [0.1, 0.15) is 118 Å². The van der Waals surface area contributed by atoms with Crippen molar-refractivity contribution in [3.63, 3.8) is 0 Å². The fraction of sp³-hybridized carbons (Fsp3) is 0.839. The Hall–Kier alpha value is -1.01. The minimum absolute atomic E-state index is 0.0811. The fourth-order valence-electron chi connectivity index (χ4n) is 7.55. The van der Waals surface area contributed by atoms with Crippen LogP contribution in [0.4, 0.5) is 0 Å². The molecule has 0 aromatic carbocycles. The smallest absolute Gasteiger partial charge is 0.163 e. The SMILES string of the molecule is CC(C)(O)CCC[C@@H](CCC(=O)C(C)(C)O)[C@H]1CC[C@H]2C(=CC=C3C[C@@H](O)C[C@H](O)C3)CCC[C@]12C. The van der Waals surface area contributed by atoms with E-state index in [1.54, 1.807) is 13.8 Å². The number of hydrogen-bond acceptors (Lipinski definition) is 5. The number of rotatable bonds is 10. The first kappa shape index (κ1) is 29.5. The maximum absolute atomic E-state index is 12.6. The minimum atomic E-state index is -1.28. The first-order valence-corrected chi connectivity index (χ1v) is 14.4. The lowest BCUT2D eigenvalue weighted by molar-refractivity contribution is -0.134. The van der Waals surface area contributed by atoms with E-state index >= 15 is 0 Å². The van der Waals surface area contributed by atoms with E-state index in [1.807, 2.05) is 13.8 Å². The second-order valence-electron chi connectivity index (χ2n) is 13.6. The molecular weight excluding hydrogens is 452 g/mol. The zero-order valence-electron chi connectivity index (χ0n) is 23.4. The molecule has 5 heteroatoms. The van der Waals surface area contributed by atoms with Crippen molar-refractivity contribution in [3.8, 4) is 0 Å². The maximum atomic E-state index is 12.6. The number of fused-ring (bicyclic) bond motifs is 1. The summed E-state index contributed by atoms with van der Waals surface area (Å²) in [7, 11) is 0. The molecule has 0 amide bonds. The quantitative estimate of drug-likeness (QED) is 0.309. The summed E-state index contributed by atoms with van der Waals surface area (Å²) in [6.07, 6.45) is 15.1. The molecule has 0 aromatic heterocycles. The summed E-state index contributed by atoms with van der Waals surface area (Å²) >= 11 is 0. The largest absolute Gasteiger partial charge is 0.393 e. The van der Waals surface area contributed by atoms with E-state index in [4.69, 9.17) is 0 Å².